The average molecular weight is 238 g/mol. The highest BCUT2D eigenvalue weighted by atomic mass is 35.5. The minimum absolute atomic E-state index is 0.567. The van der Waals surface area contributed by atoms with Gasteiger partial charge in [0.15, 0.2) is 0 Å². The third-order valence-electron chi connectivity index (χ3n) is 3.75. The molecule has 1 aromatic heterocycles. The third-order valence-corrected chi connectivity index (χ3v) is 3.98. The quantitative estimate of drug-likeness (QED) is 0.757. The second kappa shape index (κ2) is 4.22. The zero-order valence-electron chi connectivity index (χ0n) is 9.19. The number of rotatable bonds is 1. The number of nitrogens with zero attached hydrogens (tertiary/aromatic N) is 2. The van der Waals surface area contributed by atoms with Gasteiger partial charge in [-0.2, -0.15) is 0 Å². The van der Waals surface area contributed by atoms with E-state index in [1.807, 2.05) is 12.3 Å². The fourth-order valence-electron chi connectivity index (χ4n) is 2.82. The largest absolute Gasteiger partial charge is 0.369 e. The van der Waals surface area contributed by atoms with Gasteiger partial charge in [-0.05, 0) is 37.4 Å². The first-order valence-corrected chi connectivity index (χ1v) is 6.30. The monoisotopic (exact) mass is 237 g/mol. The highest BCUT2D eigenvalue weighted by Crippen LogP contribution is 2.28. The highest BCUT2D eigenvalue weighted by molar-refractivity contribution is 6.29. The predicted octanol–water partition coefficient (Wildman–Crippen LogP) is 1.92. The molecule has 2 fully saturated rings. The van der Waals surface area contributed by atoms with Crippen molar-refractivity contribution in [3.63, 3.8) is 0 Å². The van der Waals surface area contributed by atoms with E-state index in [0.717, 1.165) is 19.0 Å². The molecule has 0 spiro atoms. The normalized spacial score (nSPS) is 29.2. The van der Waals surface area contributed by atoms with Crippen LogP contribution in [-0.2, 0) is 0 Å². The molecule has 3 rings (SSSR count). The number of nitrogens with one attached hydrogen (secondary N) is 1. The molecule has 2 aliphatic heterocycles. The Morgan fingerprint density at radius 1 is 1.38 bits per heavy atom. The molecule has 4 heteroatoms. The van der Waals surface area contributed by atoms with Crippen LogP contribution in [0.2, 0.25) is 5.15 Å². The maximum Gasteiger partial charge on any atom is 0.129 e. The zero-order valence-corrected chi connectivity index (χ0v) is 9.95. The van der Waals surface area contributed by atoms with E-state index in [1.165, 1.54) is 25.1 Å². The van der Waals surface area contributed by atoms with Crippen molar-refractivity contribution >= 4 is 17.3 Å². The van der Waals surface area contributed by atoms with Crippen LogP contribution in [0.3, 0.4) is 0 Å². The van der Waals surface area contributed by atoms with Crippen molar-refractivity contribution in [3.8, 4) is 0 Å². The fraction of sp³-hybridized carbons (Fsp3) is 0.583. The van der Waals surface area contributed by atoms with Gasteiger partial charge in [0.1, 0.15) is 5.15 Å². The van der Waals surface area contributed by atoms with E-state index in [9.17, 15) is 0 Å². The van der Waals surface area contributed by atoms with Crippen LogP contribution in [0.5, 0.6) is 0 Å². The van der Waals surface area contributed by atoms with Gasteiger partial charge in [-0.15, -0.1) is 0 Å². The van der Waals surface area contributed by atoms with Crippen molar-refractivity contribution in [2.45, 2.75) is 18.9 Å². The summed E-state index contributed by atoms with van der Waals surface area (Å²) in [6.45, 7) is 3.43. The summed E-state index contributed by atoms with van der Waals surface area (Å²) in [5.41, 5.74) is 1.19. The van der Waals surface area contributed by atoms with Crippen LogP contribution in [0.15, 0.2) is 18.3 Å². The molecule has 0 aliphatic carbocycles. The van der Waals surface area contributed by atoms with E-state index >= 15 is 0 Å². The lowest BCUT2D eigenvalue weighted by Gasteiger charge is -2.36. The number of hydrogen-bond donors (Lipinski definition) is 1. The average Bonchev–Trinajstić information content (AvgIpc) is 2.77. The van der Waals surface area contributed by atoms with Crippen LogP contribution >= 0.6 is 11.6 Å². The second-order valence-electron chi connectivity index (χ2n) is 4.68. The molecular formula is C12H16ClN3. The number of aromatic nitrogens is 1. The molecular weight excluding hydrogens is 222 g/mol. The third kappa shape index (κ3) is 1.89. The predicted molar refractivity (Wildman–Crippen MR) is 66.0 cm³/mol. The summed E-state index contributed by atoms with van der Waals surface area (Å²) in [6, 6.07) is 4.60. The van der Waals surface area contributed by atoms with Crippen molar-refractivity contribution in [1.82, 2.24) is 10.3 Å². The van der Waals surface area contributed by atoms with E-state index in [-0.39, 0.29) is 0 Å². The summed E-state index contributed by atoms with van der Waals surface area (Å²) in [7, 11) is 0. The number of piperidine rings is 1. The van der Waals surface area contributed by atoms with Crippen LogP contribution in [0.1, 0.15) is 12.8 Å². The summed E-state index contributed by atoms with van der Waals surface area (Å²) in [5, 5.41) is 4.15. The fourth-order valence-corrected chi connectivity index (χ4v) is 2.93. The first kappa shape index (κ1) is 10.4. The molecule has 0 bridgehead atoms. The lowest BCUT2D eigenvalue weighted by Crippen LogP contribution is -2.46. The molecule has 2 aliphatic rings. The maximum absolute atomic E-state index is 5.80. The van der Waals surface area contributed by atoms with Crippen LogP contribution in [0, 0.1) is 5.92 Å². The second-order valence-corrected chi connectivity index (χ2v) is 5.07. The standard InChI is InChI=1S/C12H16ClN3/c13-12-2-1-10(7-15-12)16-6-4-9-3-5-14-11(9)8-16/h1-2,7,9,11,14H,3-6,8H2/t9-,11+/m0/s1. The van der Waals surface area contributed by atoms with Crippen LogP contribution < -0.4 is 10.2 Å². The first-order valence-electron chi connectivity index (χ1n) is 5.93. The first-order chi connectivity index (χ1) is 7.83. The molecule has 0 radical (unpaired) electrons. The van der Waals surface area contributed by atoms with E-state index < -0.39 is 0 Å². The number of hydrogen-bond acceptors (Lipinski definition) is 3. The number of fused-ring (bicyclic) bond motifs is 1. The molecule has 3 nitrogen and oxygen atoms in total. The summed E-state index contributed by atoms with van der Waals surface area (Å²) in [4.78, 5) is 6.55. The smallest absolute Gasteiger partial charge is 0.129 e. The Balaban J connectivity index is 1.74. The van der Waals surface area contributed by atoms with Crippen LogP contribution in [0.4, 0.5) is 5.69 Å². The molecule has 0 aromatic carbocycles. The summed E-state index contributed by atoms with van der Waals surface area (Å²) < 4.78 is 0. The Hall–Kier alpha value is -0.800. The van der Waals surface area contributed by atoms with Gasteiger partial charge in [0.05, 0.1) is 11.9 Å². The van der Waals surface area contributed by atoms with Gasteiger partial charge in [-0.1, -0.05) is 11.6 Å². The van der Waals surface area contributed by atoms with E-state index in [1.54, 1.807) is 0 Å². The summed E-state index contributed by atoms with van der Waals surface area (Å²) in [5.74, 6) is 0.886. The minimum atomic E-state index is 0.567. The SMILES string of the molecule is Clc1ccc(N2CC[C@@H]3CCN[C@@H]3C2)cn1. The molecule has 2 saturated heterocycles. The van der Waals surface area contributed by atoms with Gasteiger partial charge in [-0.25, -0.2) is 4.98 Å². The zero-order chi connectivity index (χ0) is 11.0. The molecule has 0 saturated carbocycles. The van der Waals surface area contributed by atoms with Gasteiger partial charge in [0.2, 0.25) is 0 Å². The number of pyridine rings is 1. The minimum Gasteiger partial charge on any atom is -0.369 e. The van der Waals surface area contributed by atoms with Gasteiger partial charge in [0, 0.05) is 19.1 Å². The van der Waals surface area contributed by atoms with E-state index in [2.05, 4.69) is 21.3 Å². The number of anilines is 1. The van der Waals surface area contributed by atoms with Crippen molar-refractivity contribution in [2.75, 3.05) is 24.5 Å². The van der Waals surface area contributed by atoms with E-state index in [0.29, 0.717) is 11.2 Å². The van der Waals surface area contributed by atoms with E-state index in [4.69, 9.17) is 11.6 Å². The van der Waals surface area contributed by atoms with Crippen LogP contribution in [-0.4, -0.2) is 30.7 Å². The van der Waals surface area contributed by atoms with Crippen molar-refractivity contribution in [2.24, 2.45) is 5.92 Å². The molecule has 3 heterocycles. The Labute approximate surface area is 101 Å². The molecule has 86 valence electrons. The van der Waals surface area contributed by atoms with Gasteiger partial charge in [0.25, 0.3) is 0 Å². The van der Waals surface area contributed by atoms with Crippen LogP contribution in [0.25, 0.3) is 0 Å². The Morgan fingerprint density at radius 3 is 3.12 bits per heavy atom. The lowest BCUT2D eigenvalue weighted by atomic mass is 9.92. The summed E-state index contributed by atoms with van der Waals surface area (Å²) in [6.07, 6.45) is 4.51. The molecule has 2 atom stereocenters. The molecule has 1 aromatic rings. The Morgan fingerprint density at radius 2 is 2.31 bits per heavy atom. The molecule has 0 amide bonds. The summed E-state index contributed by atoms with van der Waals surface area (Å²) >= 11 is 5.80. The molecule has 16 heavy (non-hydrogen) atoms. The molecule has 1 N–H and O–H groups in total. The lowest BCUT2D eigenvalue weighted by molar-refractivity contribution is 0.373. The van der Waals surface area contributed by atoms with Crippen molar-refractivity contribution in [1.29, 1.82) is 0 Å². The Kier molecular flexibility index (Phi) is 2.74. The van der Waals surface area contributed by atoms with Gasteiger partial charge < -0.3 is 10.2 Å². The Bertz CT molecular complexity index is 365. The topological polar surface area (TPSA) is 28.2 Å². The van der Waals surface area contributed by atoms with Crippen molar-refractivity contribution in [3.05, 3.63) is 23.5 Å². The molecule has 0 unspecified atom stereocenters. The number of halogens is 1. The van der Waals surface area contributed by atoms with Crippen molar-refractivity contribution < 1.29 is 0 Å². The van der Waals surface area contributed by atoms with Gasteiger partial charge in [-0.3, -0.25) is 0 Å². The maximum atomic E-state index is 5.80. The van der Waals surface area contributed by atoms with Gasteiger partial charge >= 0.3 is 0 Å². The highest BCUT2D eigenvalue weighted by Gasteiger charge is 2.32.